The fourth-order valence-electron chi connectivity index (χ4n) is 6.76. The Morgan fingerprint density at radius 2 is 2.03 bits per heavy atom. The number of nitrogens with zero attached hydrogens (tertiary/aromatic N) is 2. The number of benzene rings is 1. The minimum Gasteiger partial charge on any atom is -0.469 e. The molecule has 5 atom stereocenters. The van der Waals surface area contributed by atoms with E-state index in [9.17, 15) is 24.3 Å². The molecule has 0 bridgehead atoms. The smallest absolute Gasteiger partial charge is 0.305 e. The molecule has 0 aromatic heterocycles. The number of aliphatic hydroxyl groups excluding tert-OH is 1. The number of aliphatic hydroxyl groups is 1. The Hall–Kier alpha value is -1.54. The molecular formula is C27H39IN2O7Si. The highest BCUT2D eigenvalue weighted by atomic mass is 127. The van der Waals surface area contributed by atoms with Crippen molar-refractivity contribution < 1.29 is 33.8 Å². The molecule has 1 spiro atoms. The molecule has 2 amide bonds. The van der Waals surface area contributed by atoms with Crippen molar-refractivity contribution in [3.05, 3.63) is 27.3 Å². The second kappa shape index (κ2) is 11.5. The molecule has 0 saturated carbocycles. The number of rotatable bonds is 9. The van der Waals surface area contributed by atoms with Crippen LogP contribution in [0, 0.1) is 9.49 Å². The third-order valence-corrected chi connectivity index (χ3v) is 11.6. The highest BCUT2D eigenvalue weighted by Gasteiger charge is 2.66. The molecule has 1 aromatic rings. The molecule has 3 heterocycles. The molecule has 0 aliphatic carbocycles. The van der Waals surface area contributed by atoms with Gasteiger partial charge in [0.1, 0.15) is 0 Å². The van der Waals surface area contributed by atoms with Crippen LogP contribution in [0.1, 0.15) is 51.0 Å². The number of ether oxygens (including phenoxy) is 2. The lowest BCUT2D eigenvalue weighted by Crippen LogP contribution is -2.46. The molecule has 0 unspecified atom stereocenters. The molecule has 11 heteroatoms. The van der Waals surface area contributed by atoms with Crippen LogP contribution in [-0.4, -0.2) is 79.9 Å². The van der Waals surface area contributed by atoms with Crippen LogP contribution < -0.4 is 4.90 Å². The van der Waals surface area contributed by atoms with Crippen LogP contribution in [0.5, 0.6) is 0 Å². The van der Waals surface area contributed by atoms with Crippen LogP contribution in [0.3, 0.4) is 0 Å². The van der Waals surface area contributed by atoms with Crippen LogP contribution in [0.2, 0.25) is 18.6 Å². The Labute approximate surface area is 239 Å². The summed E-state index contributed by atoms with van der Waals surface area (Å²) in [6.07, 6.45) is 2.58. The fraction of sp³-hybridized carbons (Fsp3) is 0.667. The number of anilines is 1. The van der Waals surface area contributed by atoms with Gasteiger partial charge >= 0.3 is 5.97 Å². The largest absolute Gasteiger partial charge is 0.469 e. The van der Waals surface area contributed by atoms with Gasteiger partial charge in [0.25, 0.3) is 5.91 Å². The van der Waals surface area contributed by atoms with E-state index in [0.29, 0.717) is 25.9 Å². The first-order chi connectivity index (χ1) is 17.9. The monoisotopic (exact) mass is 658 g/mol. The minimum atomic E-state index is -2.88. The van der Waals surface area contributed by atoms with Crippen LogP contribution in [0.25, 0.3) is 0 Å². The van der Waals surface area contributed by atoms with Crippen molar-refractivity contribution >= 4 is 54.4 Å². The average Bonchev–Trinajstić information content (AvgIpc) is 3.51. The van der Waals surface area contributed by atoms with E-state index in [1.807, 2.05) is 38.2 Å². The lowest BCUT2D eigenvalue weighted by atomic mass is 9.82. The van der Waals surface area contributed by atoms with Crippen molar-refractivity contribution in [3.8, 4) is 0 Å². The summed E-state index contributed by atoms with van der Waals surface area (Å²) in [5, 5.41) is 9.73. The fourth-order valence-corrected chi connectivity index (χ4v) is 9.80. The quantitative estimate of drug-likeness (QED) is 0.181. The van der Waals surface area contributed by atoms with E-state index in [1.54, 1.807) is 9.80 Å². The summed E-state index contributed by atoms with van der Waals surface area (Å²) in [4.78, 5) is 54.1. The van der Waals surface area contributed by atoms with E-state index < -0.39 is 20.0 Å². The third kappa shape index (κ3) is 5.28. The molecule has 4 rings (SSSR count). The lowest BCUT2D eigenvalue weighted by molar-refractivity contribution is -0.150. The molecule has 3 aliphatic heterocycles. The molecule has 2 fully saturated rings. The summed E-state index contributed by atoms with van der Waals surface area (Å²) in [5.74, 6) is -0.896. The van der Waals surface area contributed by atoms with Crippen LogP contribution in [-0.2, 0) is 29.5 Å². The van der Waals surface area contributed by atoms with Crippen LogP contribution >= 0.6 is 22.6 Å². The van der Waals surface area contributed by atoms with E-state index in [1.165, 1.54) is 7.11 Å². The number of unbranched alkanes of at least 4 members (excludes halogenated alkanes) is 1. The first-order valence-corrected chi connectivity index (χ1v) is 17.5. The number of likely N-dealkylation sites (tertiary alicyclic amines) is 1. The number of amides is 2. The SMILES string of the molecule is COC(=O)CCCCN1C(=O)[C@@]2(O[C@@H](CC(=O)N3CCC[C@H]3CO)[C@H]([Si](C)(C)O)[C@H]2C)c2cc(I)ccc21. The summed E-state index contributed by atoms with van der Waals surface area (Å²) < 4.78 is 12.4. The van der Waals surface area contributed by atoms with E-state index in [4.69, 9.17) is 9.47 Å². The molecule has 2 N–H and O–H groups in total. The van der Waals surface area contributed by atoms with Gasteiger partial charge in [0.2, 0.25) is 5.91 Å². The zero-order valence-electron chi connectivity index (χ0n) is 22.6. The van der Waals surface area contributed by atoms with Gasteiger partial charge < -0.3 is 29.2 Å². The van der Waals surface area contributed by atoms with Gasteiger partial charge in [-0.25, -0.2) is 0 Å². The van der Waals surface area contributed by atoms with E-state index in [0.717, 1.165) is 27.7 Å². The van der Waals surface area contributed by atoms with Gasteiger partial charge in [-0.3, -0.25) is 14.4 Å². The molecule has 2 saturated heterocycles. The van der Waals surface area contributed by atoms with Gasteiger partial charge in [0.15, 0.2) is 13.9 Å². The van der Waals surface area contributed by atoms with Gasteiger partial charge in [-0.1, -0.05) is 6.92 Å². The maximum atomic E-state index is 14.3. The standard InChI is InChI=1S/C27H39IN2O7Si/c1-17-25(38(3,4)35)22(15-23(32)29-13-7-8-19(29)16-31)37-27(17)20-14-18(28)10-11-21(20)30(26(27)34)12-6-5-9-24(33)36-2/h10-11,14,17,19,22,25,31,35H,5-9,12-13,15-16H2,1-4H3/t17-,19+,22+,25-,27+/m1/s1. The van der Waals surface area contributed by atoms with Crippen molar-refractivity contribution in [2.45, 2.75) is 81.8 Å². The minimum absolute atomic E-state index is 0.0654. The van der Waals surface area contributed by atoms with Gasteiger partial charge in [-0.2, -0.15) is 0 Å². The van der Waals surface area contributed by atoms with Crippen molar-refractivity contribution in [2.75, 3.05) is 31.7 Å². The van der Waals surface area contributed by atoms with Gasteiger partial charge in [-0.05, 0) is 79.6 Å². The zero-order chi connectivity index (χ0) is 27.8. The lowest BCUT2D eigenvalue weighted by Gasteiger charge is -2.32. The number of methoxy groups -OCH3 is 1. The number of carbonyl (C=O) groups is 3. The van der Waals surface area contributed by atoms with Crippen molar-refractivity contribution in [1.29, 1.82) is 0 Å². The normalized spacial score (nSPS) is 28.9. The Bertz CT molecular complexity index is 1080. The Morgan fingerprint density at radius 1 is 1.29 bits per heavy atom. The molecule has 0 radical (unpaired) electrons. The highest BCUT2D eigenvalue weighted by Crippen LogP contribution is 2.59. The molecule has 3 aliphatic rings. The van der Waals surface area contributed by atoms with Gasteiger partial charge in [0, 0.05) is 40.1 Å². The first-order valence-electron chi connectivity index (χ1n) is 13.4. The number of hydrogen-bond donors (Lipinski definition) is 2. The average molecular weight is 659 g/mol. The maximum Gasteiger partial charge on any atom is 0.305 e. The zero-order valence-corrected chi connectivity index (χ0v) is 25.8. The molecule has 210 valence electrons. The number of fused-ring (bicyclic) bond motifs is 2. The van der Waals surface area contributed by atoms with Crippen molar-refractivity contribution in [1.82, 2.24) is 4.90 Å². The Morgan fingerprint density at radius 3 is 2.68 bits per heavy atom. The first kappa shape index (κ1) is 29.4. The maximum absolute atomic E-state index is 14.3. The topological polar surface area (TPSA) is 117 Å². The van der Waals surface area contributed by atoms with Gasteiger partial charge in [0.05, 0.1) is 38.0 Å². The molecule has 9 nitrogen and oxygen atoms in total. The number of halogens is 1. The van der Waals surface area contributed by atoms with E-state index in [2.05, 4.69) is 22.6 Å². The van der Waals surface area contributed by atoms with Crippen molar-refractivity contribution in [3.63, 3.8) is 0 Å². The Balaban J connectivity index is 1.65. The third-order valence-electron chi connectivity index (χ3n) is 8.47. The van der Waals surface area contributed by atoms with Gasteiger partial charge in [-0.15, -0.1) is 0 Å². The highest BCUT2D eigenvalue weighted by molar-refractivity contribution is 14.1. The van der Waals surface area contributed by atoms with Crippen molar-refractivity contribution in [2.24, 2.45) is 5.92 Å². The molecule has 1 aromatic carbocycles. The second-order valence-corrected chi connectivity index (χ2v) is 16.5. The summed E-state index contributed by atoms with van der Waals surface area (Å²) in [7, 11) is -1.51. The molecular weight excluding hydrogens is 619 g/mol. The number of carbonyl (C=O) groups excluding carboxylic acids is 3. The van der Waals surface area contributed by atoms with Crippen LogP contribution in [0.4, 0.5) is 5.69 Å². The summed E-state index contributed by atoms with van der Waals surface area (Å²) in [6.45, 7) is 6.62. The summed E-state index contributed by atoms with van der Waals surface area (Å²) >= 11 is 2.23. The van der Waals surface area contributed by atoms with E-state index in [-0.39, 0.29) is 54.7 Å². The number of esters is 1. The Kier molecular flexibility index (Phi) is 8.92. The number of hydrogen-bond acceptors (Lipinski definition) is 7. The molecule has 38 heavy (non-hydrogen) atoms. The predicted molar refractivity (Wildman–Crippen MR) is 153 cm³/mol. The summed E-state index contributed by atoms with van der Waals surface area (Å²) in [5.41, 5.74) is -0.0653. The van der Waals surface area contributed by atoms with E-state index >= 15 is 0 Å². The van der Waals surface area contributed by atoms with Crippen LogP contribution in [0.15, 0.2) is 18.2 Å². The summed E-state index contributed by atoms with van der Waals surface area (Å²) in [6, 6.07) is 5.68. The predicted octanol–water partition coefficient (Wildman–Crippen LogP) is 3.15. The second-order valence-electron chi connectivity index (χ2n) is 11.3.